The summed E-state index contributed by atoms with van der Waals surface area (Å²) in [4.78, 5) is 29.4. The highest BCUT2D eigenvalue weighted by Crippen LogP contribution is 2.23. The second-order valence-electron chi connectivity index (χ2n) is 10.5. The van der Waals surface area contributed by atoms with Crippen LogP contribution in [0.2, 0.25) is 0 Å². The molecule has 0 spiro atoms. The van der Waals surface area contributed by atoms with Gasteiger partial charge in [0.2, 0.25) is 21.8 Å². The predicted octanol–water partition coefficient (Wildman–Crippen LogP) is 4.93. The maximum absolute atomic E-state index is 14.2. The van der Waals surface area contributed by atoms with Crippen molar-refractivity contribution < 1.29 is 18.0 Å². The molecule has 0 radical (unpaired) electrons. The maximum Gasteiger partial charge on any atom is 0.244 e. The summed E-state index contributed by atoms with van der Waals surface area (Å²) in [5, 5.41) is 3.05. The summed E-state index contributed by atoms with van der Waals surface area (Å²) in [6.45, 7) is 9.47. The molecule has 40 heavy (non-hydrogen) atoms. The molecule has 2 amide bonds. The van der Waals surface area contributed by atoms with E-state index in [0.29, 0.717) is 12.1 Å². The Morgan fingerprint density at radius 2 is 1.52 bits per heavy atom. The first-order chi connectivity index (χ1) is 18.9. The molecule has 0 aliphatic carbocycles. The van der Waals surface area contributed by atoms with E-state index in [1.54, 1.807) is 12.1 Å². The van der Waals surface area contributed by atoms with E-state index in [1.165, 1.54) is 4.90 Å². The van der Waals surface area contributed by atoms with Crippen LogP contribution in [0.1, 0.15) is 48.1 Å². The molecule has 3 aromatic rings. The molecule has 0 bridgehead atoms. The summed E-state index contributed by atoms with van der Waals surface area (Å²) in [6, 6.07) is 21.7. The largest absolute Gasteiger partial charge is 0.352 e. The van der Waals surface area contributed by atoms with E-state index < -0.39 is 28.5 Å². The molecule has 3 aromatic carbocycles. The third kappa shape index (κ3) is 8.18. The number of nitrogens with zero attached hydrogens (tertiary/aromatic N) is 2. The second-order valence-corrected chi connectivity index (χ2v) is 12.4. The van der Waals surface area contributed by atoms with Crippen LogP contribution in [0.4, 0.5) is 5.69 Å². The zero-order valence-corrected chi connectivity index (χ0v) is 25.2. The quantitative estimate of drug-likeness (QED) is 0.339. The standard InChI is InChI=1S/C32H41N3O4S/c1-7-26(5)33-32(37)30(20-27-14-9-8-10-15-27)34(21-28-16-12-11-13-24(28)3)31(36)22-35(40(6,38)39)29-18-17-23(2)25(4)19-29/h8-19,26,30H,7,20-22H2,1-6H3,(H,33,37). The fourth-order valence-corrected chi connectivity index (χ4v) is 5.30. The number of benzene rings is 3. The van der Waals surface area contributed by atoms with Gasteiger partial charge >= 0.3 is 0 Å². The molecule has 0 fully saturated rings. The second kappa shape index (κ2) is 13.6. The summed E-state index contributed by atoms with van der Waals surface area (Å²) in [7, 11) is -3.80. The van der Waals surface area contributed by atoms with Gasteiger partial charge in [0.15, 0.2) is 0 Å². The van der Waals surface area contributed by atoms with E-state index in [1.807, 2.05) is 95.3 Å². The van der Waals surface area contributed by atoms with Crippen LogP contribution in [-0.4, -0.2) is 50.0 Å². The van der Waals surface area contributed by atoms with Gasteiger partial charge in [-0.25, -0.2) is 8.42 Å². The zero-order chi connectivity index (χ0) is 29.4. The SMILES string of the molecule is CCC(C)NC(=O)C(Cc1ccccc1)N(Cc1ccccc1C)C(=O)CN(c1ccc(C)c(C)c1)S(C)(=O)=O. The third-order valence-electron chi connectivity index (χ3n) is 7.33. The summed E-state index contributed by atoms with van der Waals surface area (Å²) in [5.74, 6) is -0.718. The Labute approximate surface area is 239 Å². The molecule has 0 saturated carbocycles. The van der Waals surface area contributed by atoms with Crippen molar-refractivity contribution in [2.75, 3.05) is 17.1 Å². The molecule has 0 heterocycles. The van der Waals surface area contributed by atoms with E-state index in [2.05, 4.69) is 5.32 Å². The molecule has 0 saturated heterocycles. The summed E-state index contributed by atoms with van der Waals surface area (Å²) < 4.78 is 27.0. The van der Waals surface area contributed by atoms with Crippen LogP contribution in [-0.2, 0) is 32.6 Å². The Morgan fingerprint density at radius 3 is 2.12 bits per heavy atom. The van der Waals surface area contributed by atoms with E-state index in [9.17, 15) is 18.0 Å². The fraction of sp³-hybridized carbons (Fsp3) is 0.375. The van der Waals surface area contributed by atoms with E-state index in [0.717, 1.165) is 44.8 Å². The number of sulfonamides is 1. The van der Waals surface area contributed by atoms with Gasteiger partial charge < -0.3 is 10.2 Å². The van der Waals surface area contributed by atoms with Crippen LogP contribution in [0.5, 0.6) is 0 Å². The molecule has 2 unspecified atom stereocenters. The van der Waals surface area contributed by atoms with Crippen molar-refractivity contribution in [2.24, 2.45) is 0 Å². The van der Waals surface area contributed by atoms with E-state index in [4.69, 9.17) is 0 Å². The minimum absolute atomic E-state index is 0.0794. The van der Waals surface area contributed by atoms with Crippen LogP contribution < -0.4 is 9.62 Å². The molecule has 214 valence electrons. The van der Waals surface area contributed by atoms with Crippen LogP contribution in [0.25, 0.3) is 0 Å². The first-order valence-corrected chi connectivity index (χ1v) is 15.5. The normalized spacial score (nSPS) is 12.8. The number of hydrogen-bond acceptors (Lipinski definition) is 4. The predicted molar refractivity (Wildman–Crippen MR) is 162 cm³/mol. The highest BCUT2D eigenvalue weighted by Gasteiger charge is 2.33. The van der Waals surface area contributed by atoms with Gasteiger partial charge in [-0.2, -0.15) is 0 Å². The van der Waals surface area contributed by atoms with Crippen molar-refractivity contribution in [3.63, 3.8) is 0 Å². The minimum Gasteiger partial charge on any atom is -0.352 e. The Hall–Kier alpha value is -3.65. The molecular weight excluding hydrogens is 522 g/mol. The van der Waals surface area contributed by atoms with Gasteiger partial charge in [0, 0.05) is 19.0 Å². The van der Waals surface area contributed by atoms with Gasteiger partial charge in [-0.1, -0.05) is 67.6 Å². The lowest BCUT2D eigenvalue weighted by molar-refractivity contribution is -0.140. The topological polar surface area (TPSA) is 86.8 Å². The van der Waals surface area contributed by atoms with Crippen LogP contribution >= 0.6 is 0 Å². The zero-order valence-electron chi connectivity index (χ0n) is 24.3. The van der Waals surface area contributed by atoms with Crippen molar-refractivity contribution in [2.45, 2.75) is 66.1 Å². The first kappa shape index (κ1) is 30.9. The lowest BCUT2D eigenvalue weighted by atomic mass is 10.0. The number of amides is 2. The number of anilines is 1. The van der Waals surface area contributed by atoms with Gasteiger partial charge in [-0.05, 0) is 74.1 Å². The number of aryl methyl sites for hydroxylation is 3. The van der Waals surface area contributed by atoms with Crippen molar-refractivity contribution >= 4 is 27.5 Å². The summed E-state index contributed by atoms with van der Waals surface area (Å²) >= 11 is 0. The number of rotatable bonds is 12. The monoisotopic (exact) mass is 563 g/mol. The van der Waals surface area contributed by atoms with Gasteiger partial charge in [0.05, 0.1) is 11.9 Å². The molecule has 2 atom stereocenters. The van der Waals surface area contributed by atoms with Crippen LogP contribution in [0.15, 0.2) is 72.8 Å². The smallest absolute Gasteiger partial charge is 0.244 e. The molecule has 1 N–H and O–H groups in total. The number of hydrogen-bond donors (Lipinski definition) is 1. The summed E-state index contributed by atoms with van der Waals surface area (Å²) in [5.41, 5.74) is 5.14. The fourth-order valence-electron chi connectivity index (χ4n) is 4.46. The van der Waals surface area contributed by atoms with Crippen molar-refractivity contribution in [1.82, 2.24) is 10.2 Å². The summed E-state index contributed by atoms with van der Waals surface area (Å²) in [6.07, 6.45) is 2.13. The van der Waals surface area contributed by atoms with Crippen molar-refractivity contribution in [3.8, 4) is 0 Å². The Balaban J connectivity index is 2.08. The highest BCUT2D eigenvalue weighted by molar-refractivity contribution is 7.92. The lowest BCUT2D eigenvalue weighted by Gasteiger charge is -2.34. The van der Waals surface area contributed by atoms with Crippen LogP contribution in [0, 0.1) is 20.8 Å². The number of nitrogens with one attached hydrogen (secondary N) is 1. The van der Waals surface area contributed by atoms with Gasteiger partial charge in [0.1, 0.15) is 12.6 Å². The van der Waals surface area contributed by atoms with Crippen molar-refractivity contribution in [3.05, 3.63) is 101 Å². The Morgan fingerprint density at radius 1 is 0.875 bits per heavy atom. The molecule has 8 heteroatoms. The minimum atomic E-state index is -3.80. The van der Waals surface area contributed by atoms with E-state index in [-0.39, 0.29) is 18.5 Å². The number of carbonyl (C=O) groups excluding carboxylic acids is 2. The Kier molecular flexibility index (Phi) is 10.5. The molecule has 7 nitrogen and oxygen atoms in total. The maximum atomic E-state index is 14.2. The average molecular weight is 564 g/mol. The highest BCUT2D eigenvalue weighted by atomic mass is 32.2. The molecule has 0 aliphatic rings. The first-order valence-electron chi connectivity index (χ1n) is 13.6. The molecular formula is C32H41N3O4S. The van der Waals surface area contributed by atoms with Crippen LogP contribution in [0.3, 0.4) is 0 Å². The Bertz CT molecular complexity index is 1420. The molecule has 3 rings (SSSR count). The van der Waals surface area contributed by atoms with Gasteiger partial charge in [-0.15, -0.1) is 0 Å². The van der Waals surface area contributed by atoms with Gasteiger partial charge in [-0.3, -0.25) is 13.9 Å². The average Bonchev–Trinajstić information content (AvgIpc) is 2.91. The van der Waals surface area contributed by atoms with E-state index >= 15 is 0 Å². The molecule has 0 aromatic heterocycles. The number of carbonyl (C=O) groups is 2. The lowest BCUT2D eigenvalue weighted by Crippen LogP contribution is -2.54. The molecule has 0 aliphatic heterocycles. The third-order valence-corrected chi connectivity index (χ3v) is 8.47. The van der Waals surface area contributed by atoms with Crippen molar-refractivity contribution in [1.29, 1.82) is 0 Å². The van der Waals surface area contributed by atoms with Gasteiger partial charge in [0.25, 0.3) is 0 Å².